The number of aryl methyl sites for hydroxylation is 1. The molecule has 21 heavy (non-hydrogen) atoms. The van der Waals surface area contributed by atoms with Crippen molar-refractivity contribution >= 4 is 35.0 Å². The average molecular weight is 301 g/mol. The zero-order valence-corrected chi connectivity index (χ0v) is 12.6. The Hall–Kier alpha value is -2.40. The van der Waals surface area contributed by atoms with E-state index in [9.17, 15) is 9.59 Å². The molecular formula is C16H15NO3S. The van der Waals surface area contributed by atoms with Crippen molar-refractivity contribution in [1.82, 2.24) is 0 Å². The lowest BCUT2D eigenvalue weighted by molar-refractivity contribution is -0.111. The first-order valence-electron chi connectivity index (χ1n) is 6.32. The minimum absolute atomic E-state index is 0.247. The standard InChI is InChI=1S/C16H15NO3S/c1-11-6-7-14(21-11)8-9-15(18)17-13-5-3-4-12(10-13)16(19)20-2/h3-10H,1-2H3,(H,17,18)/b9-8+. The third-order valence-corrected chi connectivity index (χ3v) is 3.68. The summed E-state index contributed by atoms with van der Waals surface area (Å²) in [5, 5.41) is 2.71. The van der Waals surface area contributed by atoms with Crippen molar-refractivity contribution in [1.29, 1.82) is 0 Å². The number of carbonyl (C=O) groups excluding carboxylic acids is 2. The van der Waals surface area contributed by atoms with E-state index in [0.717, 1.165) is 4.88 Å². The number of hydrogen-bond acceptors (Lipinski definition) is 4. The molecule has 4 nitrogen and oxygen atoms in total. The van der Waals surface area contributed by atoms with Gasteiger partial charge in [-0.25, -0.2) is 4.79 Å². The molecule has 108 valence electrons. The van der Waals surface area contributed by atoms with Crippen molar-refractivity contribution in [2.24, 2.45) is 0 Å². The molecule has 5 heteroatoms. The third-order valence-electron chi connectivity index (χ3n) is 2.71. The maximum atomic E-state index is 11.8. The Kier molecular flexibility index (Phi) is 4.90. The number of amides is 1. The van der Waals surface area contributed by atoms with E-state index >= 15 is 0 Å². The van der Waals surface area contributed by atoms with Crippen molar-refractivity contribution in [3.63, 3.8) is 0 Å². The summed E-state index contributed by atoms with van der Waals surface area (Å²) in [5.74, 6) is -0.682. The Morgan fingerprint density at radius 2 is 2.05 bits per heavy atom. The molecule has 0 spiro atoms. The van der Waals surface area contributed by atoms with Gasteiger partial charge in [-0.05, 0) is 43.3 Å². The fraction of sp³-hybridized carbons (Fsp3) is 0.125. The molecule has 0 aliphatic heterocycles. The first-order valence-corrected chi connectivity index (χ1v) is 7.14. The molecule has 0 saturated heterocycles. The van der Waals surface area contributed by atoms with Gasteiger partial charge in [-0.15, -0.1) is 11.3 Å². The lowest BCUT2D eigenvalue weighted by atomic mass is 10.2. The van der Waals surface area contributed by atoms with E-state index in [1.807, 2.05) is 19.1 Å². The SMILES string of the molecule is COC(=O)c1cccc(NC(=O)/C=C/c2ccc(C)s2)c1. The minimum Gasteiger partial charge on any atom is -0.465 e. The Bertz CT molecular complexity index is 688. The van der Waals surface area contributed by atoms with E-state index in [0.29, 0.717) is 11.3 Å². The average Bonchev–Trinajstić information content (AvgIpc) is 2.90. The molecule has 2 rings (SSSR count). The van der Waals surface area contributed by atoms with Crippen molar-refractivity contribution in [2.45, 2.75) is 6.92 Å². The van der Waals surface area contributed by atoms with Gasteiger partial charge in [0, 0.05) is 21.5 Å². The molecule has 0 aliphatic carbocycles. The summed E-state index contributed by atoms with van der Waals surface area (Å²) in [6.07, 6.45) is 3.23. The molecular weight excluding hydrogens is 286 g/mol. The van der Waals surface area contributed by atoms with E-state index in [-0.39, 0.29) is 5.91 Å². The number of ether oxygens (including phenoxy) is 1. The molecule has 0 unspecified atom stereocenters. The molecule has 0 aliphatic rings. The molecule has 0 radical (unpaired) electrons. The van der Waals surface area contributed by atoms with Crippen LogP contribution in [0.15, 0.2) is 42.5 Å². The van der Waals surface area contributed by atoms with Crippen molar-refractivity contribution in [3.8, 4) is 0 Å². The second-order valence-electron chi connectivity index (χ2n) is 4.34. The minimum atomic E-state index is -0.435. The fourth-order valence-electron chi connectivity index (χ4n) is 1.73. The van der Waals surface area contributed by atoms with E-state index in [1.54, 1.807) is 41.7 Å². The van der Waals surface area contributed by atoms with E-state index in [1.165, 1.54) is 18.1 Å². The first-order chi connectivity index (χ1) is 10.1. The highest BCUT2D eigenvalue weighted by atomic mass is 32.1. The van der Waals surface area contributed by atoms with Crippen molar-refractivity contribution < 1.29 is 14.3 Å². The van der Waals surface area contributed by atoms with Gasteiger partial charge >= 0.3 is 5.97 Å². The maximum absolute atomic E-state index is 11.8. The van der Waals surface area contributed by atoms with E-state index in [4.69, 9.17) is 0 Å². The highest BCUT2D eigenvalue weighted by Crippen LogP contribution is 2.16. The van der Waals surface area contributed by atoms with Crippen molar-refractivity contribution in [2.75, 3.05) is 12.4 Å². The Balaban J connectivity index is 2.02. The molecule has 0 fully saturated rings. The van der Waals surface area contributed by atoms with Crippen LogP contribution in [0.2, 0.25) is 0 Å². The molecule has 1 heterocycles. The number of hydrogen-bond donors (Lipinski definition) is 1. The van der Waals surface area contributed by atoms with Gasteiger partial charge in [-0.1, -0.05) is 6.07 Å². The summed E-state index contributed by atoms with van der Waals surface area (Å²) < 4.78 is 4.64. The number of carbonyl (C=O) groups is 2. The molecule has 0 atom stereocenters. The number of methoxy groups -OCH3 is 1. The number of thiophene rings is 1. The van der Waals surface area contributed by atoms with Crippen LogP contribution >= 0.6 is 11.3 Å². The van der Waals surface area contributed by atoms with Gasteiger partial charge in [0.1, 0.15) is 0 Å². The van der Waals surface area contributed by atoms with E-state index < -0.39 is 5.97 Å². The highest BCUT2D eigenvalue weighted by molar-refractivity contribution is 7.12. The fourth-order valence-corrected chi connectivity index (χ4v) is 2.51. The number of nitrogens with one attached hydrogen (secondary N) is 1. The summed E-state index contributed by atoms with van der Waals surface area (Å²) in [6, 6.07) is 10.6. The zero-order chi connectivity index (χ0) is 15.2. The van der Waals surface area contributed by atoms with Gasteiger partial charge in [0.2, 0.25) is 5.91 Å². The predicted octanol–water partition coefficient (Wildman–Crippen LogP) is 3.50. The predicted molar refractivity (Wildman–Crippen MR) is 84.5 cm³/mol. The molecule has 0 bridgehead atoms. The maximum Gasteiger partial charge on any atom is 0.337 e. The van der Waals surface area contributed by atoms with Gasteiger partial charge in [0.05, 0.1) is 12.7 Å². The third kappa shape index (κ3) is 4.29. The summed E-state index contributed by atoms with van der Waals surface area (Å²) in [7, 11) is 1.32. The van der Waals surface area contributed by atoms with Gasteiger partial charge < -0.3 is 10.1 Å². The number of anilines is 1. The topological polar surface area (TPSA) is 55.4 Å². The normalized spacial score (nSPS) is 10.6. The number of esters is 1. The number of benzene rings is 1. The first kappa shape index (κ1) is 15.0. The smallest absolute Gasteiger partial charge is 0.337 e. The lowest BCUT2D eigenvalue weighted by Gasteiger charge is -2.04. The van der Waals surface area contributed by atoms with Crippen LogP contribution in [0.5, 0.6) is 0 Å². The Morgan fingerprint density at radius 1 is 1.24 bits per heavy atom. The van der Waals surface area contributed by atoms with Crippen LogP contribution in [0, 0.1) is 6.92 Å². The molecule has 1 N–H and O–H groups in total. The Labute approximate surface area is 127 Å². The monoisotopic (exact) mass is 301 g/mol. The zero-order valence-electron chi connectivity index (χ0n) is 11.8. The summed E-state index contributed by atoms with van der Waals surface area (Å²) >= 11 is 1.62. The van der Waals surface area contributed by atoms with Crippen LogP contribution in [-0.4, -0.2) is 19.0 Å². The molecule has 1 aromatic carbocycles. The van der Waals surface area contributed by atoms with Crippen LogP contribution in [0.3, 0.4) is 0 Å². The highest BCUT2D eigenvalue weighted by Gasteiger charge is 2.06. The van der Waals surface area contributed by atoms with Gasteiger partial charge in [-0.3, -0.25) is 4.79 Å². The summed E-state index contributed by atoms with van der Waals surface area (Å²) in [5.41, 5.74) is 0.947. The van der Waals surface area contributed by atoms with Gasteiger partial charge in [0.15, 0.2) is 0 Å². The van der Waals surface area contributed by atoms with Crippen LogP contribution in [0.4, 0.5) is 5.69 Å². The second kappa shape index (κ2) is 6.85. The largest absolute Gasteiger partial charge is 0.465 e. The molecule has 1 aromatic heterocycles. The quantitative estimate of drug-likeness (QED) is 0.694. The summed E-state index contributed by atoms with van der Waals surface area (Å²) in [4.78, 5) is 25.5. The van der Waals surface area contributed by atoms with Gasteiger partial charge in [0.25, 0.3) is 0 Å². The van der Waals surface area contributed by atoms with Crippen LogP contribution in [0.25, 0.3) is 6.08 Å². The second-order valence-corrected chi connectivity index (χ2v) is 5.66. The molecule has 2 aromatic rings. The molecule has 1 amide bonds. The van der Waals surface area contributed by atoms with Gasteiger partial charge in [-0.2, -0.15) is 0 Å². The van der Waals surface area contributed by atoms with Crippen LogP contribution in [-0.2, 0) is 9.53 Å². The lowest BCUT2D eigenvalue weighted by Crippen LogP contribution is -2.09. The summed E-state index contributed by atoms with van der Waals surface area (Å²) in [6.45, 7) is 2.01. The van der Waals surface area contributed by atoms with Crippen molar-refractivity contribution in [3.05, 3.63) is 57.8 Å². The number of rotatable bonds is 4. The Morgan fingerprint density at radius 3 is 2.71 bits per heavy atom. The van der Waals surface area contributed by atoms with Crippen LogP contribution in [0.1, 0.15) is 20.1 Å². The molecule has 0 saturated carbocycles. The van der Waals surface area contributed by atoms with Crippen LogP contribution < -0.4 is 5.32 Å². The van der Waals surface area contributed by atoms with E-state index in [2.05, 4.69) is 10.1 Å².